The lowest BCUT2D eigenvalue weighted by Crippen LogP contribution is -2.25. The van der Waals surface area contributed by atoms with Gasteiger partial charge in [0.15, 0.2) is 0 Å². The Bertz CT molecular complexity index is 386. The molecular weight excluding hydrogens is 208 g/mol. The summed E-state index contributed by atoms with van der Waals surface area (Å²) in [7, 11) is 0. The Morgan fingerprint density at radius 2 is 2.06 bits per heavy atom. The molecule has 1 unspecified atom stereocenters. The van der Waals surface area contributed by atoms with Crippen molar-refractivity contribution in [3.63, 3.8) is 0 Å². The Hall–Kier alpha value is -0.960. The molecule has 0 amide bonds. The van der Waals surface area contributed by atoms with Crippen molar-refractivity contribution in [1.82, 2.24) is 5.32 Å². The van der Waals surface area contributed by atoms with E-state index in [4.69, 9.17) is 0 Å². The van der Waals surface area contributed by atoms with E-state index in [1.54, 1.807) is 6.92 Å². The summed E-state index contributed by atoms with van der Waals surface area (Å²) in [6.45, 7) is 4.36. The molecule has 0 heterocycles. The van der Waals surface area contributed by atoms with Gasteiger partial charge in [0.2, 0.25) is 0 Å². The Kier molecular flexibility index (Phi) is 3.24. The van der Waals surface area contributed by atoms with E-state index in [1.165, 1.54) is 12.1 Å². The minimum absolute atomic E-state index is 0.162. The quantitative estimate of drug-likeness (QED) is 0.828. The van der Waals surface area contributed by atoms with Crippen LogP contribution < -0.4 is 5.32 Å². The zero-order chi connectivity index (χ0) is 11.7. The third-order valence-corrected chi connectivity index (χ3v) is 3.15. The topological polar surface area (TPSA) is 12.0 Å². The van der Waals surface area contributed by atoms with Crippen molar-refractivity contribution in [2.45, 2.75) is 32.7 Å². The molecule has 0 spiro atoms. The normalized spacial score (nSPS) is 17.5. The molecule has 0 aliphatic heterocycles. The maximum Gasteiger partial charge on any atom is 0.133 e. The van der Waals surface area contributed by atoms with Crippen molar-refractivity contribution in [3.8, 4) is 0 Å². The molecule has 1 fully saturated rings. The van der Waals surface area contributed by atoms with Crippen molar-refractivity contribution in [2.24, 2.45) is 5.92 Å². The second kappa shape index (κ2) is 4.50. The first-order valence-corrected chi connectivity index (χ1v) is 5.83. The maximum absolute atomic E-state index is 13.9. The smallest absolute Gasteiger partial charge is 0.133 e. The molecular formula is C13H17F2N. The average molecular weight is 225 g/mol. The predicted octanol–water partition coefficient (Wildman–Crippen LogP) is 3.33. The first kappa shape index (κ1) is 11.5. The Morgan fingerprint density at radius 3 is 2.62 bits per heavy atom. The van der Waals surface area contributed by atoms with Gasteiger partial charge in [-0.3, -0.25) is 0 Å². The summed E-state index contributed by atoms with van der Waals surface area (Å²) in [6.07, 6.45) is 2.12. The van der Waals surface area contributed by atoms with Crippen LogP contribution in [0.25, 0.3) is 0 Å². The van der Waals surface area contributed by atoms with Crippen LogP contribution in [0, 0.1) is 24.5 Å². The highest BCUT2D eigenvalue weighted by Gasteiger charge is 2.35. The average Bonchev–Trinajstić information content (AvgIpc) is 3.06. The van der Waals surface area contributed by atoms with Gasteiger partial charge in [0.05, 0.1) is 0 Å². The lowest BCUT2D eigenvalue weighted by atomic mass is 9.99. The van der Waals surface area contributed by atoms with Crippen LogP contribution in [0.4, 0.5) is 8.78 Å². The lowest BCUT2D eigenvalue weighted by molar-refractivity contribution is 0.438. The zero-order valence-corrected chi connectivity index (χ0v) is 9.69. The van der Waals surface area contributed by atoms with Gasteiger partial charge in [-0.25, -0.2) is 8.78 Å². The molecule has 1 saturated carbocycles. The van der Waals surface area contributed by atoms with E-state index >= 15 is 0 Å². The van der Waals surface area contributed by atoms with Crippen LogP contribution in [0.5, 0.6) is 0 Å². The van der Waals surface area contributed by atoms with Crippen LogP contribution in [-0.4, -0.2) is 6.54 Å². The fourth-order valence-electron chi connectivity index (χ4n) is 2.12. The monoisotopic (exact) mass is 225 g/mol. The molecule has 0 aromatic heterocycles. The third kappa shape index (κ3) is 2.09. The number of hydrogen-bond donors (Lipinski definition) is 1. The highest BCUT2D eigenvalue weighted by Crippen LogP contribution is 2.42. The van der Waals surface area contributed by atoms with Gasteiger partial charge >= 0.3 is 0 Å². The second-order valence-corrected chi connectivity index (χ2v) is 4.46. The van der Waals surface area contributed by atoms with Gasteiger partial charge in [-0.15, -0.1) is 0 Å². The molecule has 0 saturated heterocycles. The molecule has 1 aromatic rings. The van der Waals surface area contributed by atoms with Crippen LogP contribution in [0.2, 0.25) is 0 Å². The SMILES string of the molecule is CCNC(c1c(F)ccc(C)c1F)C1CC1. The largest absolute Gasteiger partial charge is 0.310 e. The lowest BCUT2D eigenvalue weighted by Gasteiger charge is -2.19. The molecule has 1 aromatic carbocycles. The number of halogens is 2. The van der Waals surface area contributed by atoms with Gasteiger partial charge in [0, 0.05) is 11.6 Å². The molecule has 1 atom stereocenters. The van der Waals surface area contributed by atoms with E-state index in [9.17, 15) is 8.78 Å². The van der Waals surface area contributed by atoms with Crippen molar-refractivity contribution in [3.05, 3.63) is 34.9 Å². The molecule has 3 heteroatoms. The Morgan fingerprint density at radius 1 is 1.38 bits per heavy atom. The summed E-state index contributed by atoms with van der Waals surface area (Å²) in [5.41, 5.74) is 0.740. The predicted molar refractivity (Wildman–Crippen MR) is 60.2 cm³/mol. The number of benzene rings is 1. The van der Waals surface area contributed by atoms with E-state index in [-0.39, 0.29) is 11.6 Å². The fourth-order valence-corrected chi connectivity index (χ4v) is 2.12. The number of nitrogens with one attached hydrogen (secondary N) is 1. The minimum atomic E-state index is -0.430. The highest BCUT2D eigenvalue weighted by atomic mass is 19.1. The van der Waals surface area contributed by atoms with E-state index in [0.717, 1.165) is 19.4 Å². The van der Waals surface area contributed by atoms with E-state index in [2.05, 4.69) is 5.32 Å². The number of rotatable bonds is 4. The van der Waals surface area contributed by atoms with Crippen molar-refractivity contribution < 1.29 is 8.78 Å². The highest BCUT2D eigenvalue weighted by molar-refractivity contribution is 5.30. The van der Waals surface area contributed by atoms with E-state index in [1.807, 2.05) is 6.92 Å². The van der Waals surface area contributed by atoms with Gasteiger partial charge in [-0.1, -0.05) is 13.0 Å². The third-order valence-electron chi connectivity index (χ3n) is 3.15. The summed E-state index contributed by atoms with van der Waals surface area (Å²) >= 11 is 0. The Labute approximate surface area is 94.9 Å². The van der Waals surface area contributed by atoms with E-state index in [0.29, 0.717) is 11.5 Å². The summed E-state index contributed by atoms with van der Waals surface area (Å²) in [4.78, 5) is 0. The molecule has 88 valence electrons. The minimum Gasteiger partial charge on any atom is -0.310 e. The van der Waals surface area contributed by atoms with Gasteiger partial charge in [0.25, 0.3) is 0 Å². The van der Waals surface area contributed by atoms with Crippen LogP contribution >= 0.6 is 0 Å². The number of aryl methyl sites for hydroxylation is 1. The zero-order valence-electron chi connectivity index (χ0n) is 9.69. The van der Waals surface area contributed by atoms with Crippen molar-refractivity contribution >= 4 is 0 Å². The fraction of sp³-hybridized carbons (Fsp3) is 0.538. The van der Waals surface area contributed by atoms with Crippen molar-refractivity contribution in [2.75, 3.05) is 6.54 Å². The molecule has 1 aliphatic rings. The summed E-state index contributed by atoms with van der Waals surface area (Å²) in [6, 6.07) is 2.69. The molecule has 1 N–H and O–H groups in total. The van der Waals surface area contributed by atoms with Crippen LogP contribution in [0.15, 0.2) is 12.1 Å². The molecule has 2 rings (SSSR count). The van der Waals surface area contributed by atoms with Crippen LogP contribution in [0.1, 0.15) is 36.9 Å². The van der Waals surface area contributed by atoms with Crippen LogP contribution in [-0.2, 0) is 0 Å². The first-order chi connectivity index (χ1) is 7.65. The summed E-state index contributed by atoms with van der Waals surface area (Å²) < 4.78 is 27.7. The molecule has 0 radical (unpaired) electrons. The molecule has 0 bridgehead atoms. The molecule has 1 nitrogen and oxygen atoms in total. The van der Waals surface area contributed by atoms with Gasteiger partial charge in [-0.2, -0.15) is 0 Å². The molecule has 1 aliphatic carbocycles. The van der Waals surface area contributed by atoms with Gasteiger partial charge in [0.1, 0.15) is 11.6 Å². The summed E-state index contributed by atoms with van der Waals surface area (Å²) in [5.74, 6) is -0.426. The first-order valence-electron chi connectivity index (χ1n) is 5.83. The van der Waals surface area contributed by atoms with Gasteiger partial charge < -0.3 is 5.32 Å². The second-order valence-electron chi connectivity index (χ2n) is 4.46. The van der Waals surface area contributed by atoms with Gasteiger partial charge in [-0.05, 0) is 43.9 Å². The van der Waals surface area contributed by atoms with Crippen LogP contribution in [0.3, 0.4) is 0 Å². The van der Waals surface area contributed by atoms with E-state index < -0.39 is 11.6 Å². The standard InChI is InChI=1S/C13H17F2N/c1-3-16-13(9-5-6-9)11-10(14)7-4-8(2)12(11)15/h4,7,9,13,16H,3,5-6H2,1-2H3. The molecule has 16 heavy (non-hydrogen) atoms. The number of hydrogen-bond acceptors (Lipinski definition) is 1. The van der Waals surface area contributed by atoms with Crippen molar-refractivity contribution in [1.29, 1.82) is 0 Å². The maximum atomic E-state index is 13.9. The summed E-state index contributed by atoms with van der Waals surface area (Å²) in [5, 5.41) is 3.19. The Balaban J connectivity index is 2.39.